The van der Waals surface area contributed by atoms with Crippen LogP contribution in [0.25, 0.3) is 0 Å². The highest BCUT2D eigenvalue weighted by Gasteiger charge is 2.15. The van der Waals surface area contributed by atoms with Gasteiger partial charge in [0.1, 0.15) is 11.5 Å². The van der Waals surface area contributed by atoms with Crippen LogP contribution < -0.4 is 10.2 Å². The molecule has 1 aromatic carbocycles. The van der Waals surface area contributed by atoms with Crippen molar-refractivity contribution in [2.75, 3.05) is 23.3 Å². The Bertz CT molecular complexity index is 706. The molecule has 4 nitrogen and oxygen atoms in total. The van der Waals surface area contributed by atoms with Gasteiger partial charge in [-0.2, -0.15) is 0 Å². The van der Waals surface area contributed by atoms with Crippen molar-refractivity contribution in [2.45, 2.75) is 33.1 Å². The summed E-state index contributed by atoms with van der Waals surface area (Å²) in [7, 11) is 0. The molecule has 0 bridgehead atoms. The predicted octanol–water partition coefficient (Wildman–Crippen LogP) is 3.94. The van der Waals surface area contributed by atoms with Crippen molar-refractivity contribution in [1.29, 1.82) is 0 Å². The molecule has 3 rings (SSSR count). The van der Waals surface area contributed by atoms with E-state index in [4.69, 9.17) is 0 Å². The van der Waals surface area contributed by atoms with Gasteiger partial charge in [-0.15, -0.1) is 0 Å². The molecule has 0 aliphatic carbocycles. The highest BCUT2D eigenvalue weighted by molar-refractivity contribution is 6.03. The second-order valence-electron chi connectivity index (χ2n) is 6.13. The molecule has 1 saturated heterocycles. The van der Waals surface area contributed by atoms with Gasteiger partial charge < -0.3 is 10.2 Å². The number of piperidine rings is 1. The Morgan fingerprint density at radius 1 is 1.04 bits per heavy atom. The lowest BCUT2D eigenvalue weighted by atomic mass is 10.1. The smallest absolute Gasteiger partial charge is 0.274 e. The van der Waals surface area contributed by atoms with Gasteiger partial charge in [0.15, 0.2) is 0 Å². The number of carbonyl (C=O) groups excluding carboxylic acids is 1. The first-order valence-corrected chi connectivity index (χ1v) is 8.25. The minimum Gasteiger partial charge on any atom is -0.357 e. The van der Waals surface area contributed by atoms with E-state index >= 15 is 0 Å². The van der Waals surface area contributed by atoms with E-state index < -0.39 is 0 Å². The van der Waals surface area contributed by atoms with Crippen molar-refractivity contribution < 1.29 is 4.79 Å². The van der Waals surface area contributed by atoms with Crippen molar-refractivity contribution in [3.05, 3.63) is 53.2 Å². The lowest BCUT2D eigenvalue weighted by Crippen LogP contribution is -2.30. The third-order valence-corrected chi connectivity index (χ3v) is 4.50. The number of benzene rings is 1. The van der Waals surface area contributed by atoms with Crippen LogP contribution in [0.1, 0.15) is 40.9 Å². The van der Waals surface area contributed by atoms with Gasteiger partial charge in [-0.05, 0) is 62.4 Å². The Morgan fingerprint density at radius 3 is 2.57 bits per heavy atom. The highest BCUT2D eigenvalue weighted by atomic mass is 16.1. The number of aromatic nitrogens is 1. The molecule has 1 aromatic heterocycles. The summed E-state index contributed by atoms with van der Waals surface area (Å²) in [5.74, 6) is 0.746. The molecule has 4 heteroatoms. The second kappa shape index (κ2) is 6.82. The number of nitrogens with zero attached hydrogens (tertiary/aromatic N) is 2. The van der Waals surface area contributed by atoms with Crippen molar-refractivity contribution in [3.8, 4) is 0 Å². The number of rotatable bonds is 3. The molecule has 0 unspecified atom stereocenters. The first-order valence-electron chi connectivity index (χ1n) is 8.25. The summed E-state index contributed by atoms with van der Waals surface area (Å²) in [6.07, 6.45) is 3.67. The van der Waals surface area contributed by atoms with Gasteiger partial charge in [0.05, 0.1) is 0 Å². The minimum atomic E-state index is -0.155. The average molecular weight is 309 g/mol. The first-order chi connectivity index (χ1) is 11.1. The Balaban J connectivity index is 1.78. The molecule has 23 heavy (non-hydrogen) atoms. The van der Waals surface area contributed by atoms with Gasteiger partial charge in [-0.1, -0.05) is 18.2 Å². The minimum absolute atomic E-state index is 0.155. The van der Waals surface area contributed by atoms with Crippen LogP contribution in [0.3, 0.4) is 0 Å². The zero-order chi connectivity index (χ0) is 16.2. The highest BCUT2D eigenvalue weighted by Crippen LogP contribution is 2.20. The zero-order valence-corrected chi connectivity index (χ0v) is 13.8. The van der Waals surface area contributed by atoms with E-state index in [-0.39, 0.29) is 5.91 Å². The molecule has 0 radical (unpaired) electrons. The summed E-state index contributed by atoms with van der Waals surface area (Å²) in [6.45, 7) is 6.10. The fraction of sp³-hybridized carbons (Fsp3) is 0.368. The molecule has 1 N–H and O–H groups in total. The molecule has 0 spiro atoms. The van der Waals surface area contributed by atoms with Crippen molar-refractivity contribution in [1.82, 2.24) is 4.98 Å². The Morgan fingerprint density at radius 2 is 1.78 bits per heavy atom. The zero-order valence-electron chi connectivity index (χ0n) is 13.8. The molecule has 2 heterocycles. The summed E-state index contributed by atoms with van der Waals surface area (Å²) >= 11 is 0. The topological polar surface area (TPSA) is 45.2 Å². The van der Waals surface area contributed by atoms with E-state index in [2.05, 4.69) is 15.2 Å². The third kappa shape index (κ3) is 3.52. The number of hydrogen-bond donors (Lipinski definition) is 1. The lowest BCUT2D eigenvalue weighted by molar-refractivity contribution is 0.102. The number of amides is 1. The van der Waals surface area contributed by atoms with Gasteiger partial charge in [0.25, 0.3) is 5.91 Å². The van der Waals surface area contributed by atoms with Gasteiger partial charge in [-0.25, -0.2) is 4.98 Å². The average Bonchev–Trinajstić information content (AvgIpc) is 2.60. The summed E-state index contributed by atoms with van der Waals surface area (Å²) in [5.41, 5.74) is 3.57. The fourth-order valence-corrected chi connectivity index (χ4v) is 2.92. The molecule has 1 aliphatic heterocycles. The normalized spacial score (nSPS) is 14.6. The van der Waals surface area contributed by atoms with Gasteiger partial charge in [0, 0.05) is 18.8 Å². The molecule has 120 valence electrons. The number of anilines is 2. The van der Waals surface area contributed by atoms with E-state index in [1.165, 1.54) is 19.3 Å². The Labute approximate surface area is 137 Å². The SMILES string of the molecule is Cc1cccc(NC(=O)c2cccc(N3CCCCC3)n2)c1C. The van der Waals surface area contributed by atoms with Gasteiger partial charge in [0.2, 0.25) is 0 Å². The molecule has 2 aromatic rings. The first kappa shape index (κ1) is 15.5. The van der Waals surface area contributed by atoms with E-state index in [9.17, 15) is 4.79 Å². The van der Waals surface area contributed by atoms with E-state index in [0.717, 1.165) is 35.7 Å². The summed E-state index contributed by atoms with van der Waals surface area (Å²) in [5, 5.41) is 2.98. The maximum atomic E-state index is 12.5. The molecule has 0 atom stereocenters. The molecule has 1 aliphatic rings. The Kier molecular flexibility index (Phi) is 4.60. The van der Waals surface area contributed by atoms with Crippen LogP contribution in [0.15, 0.2) is 36.4 Å². The molecule has 1 amide bonds. The monoisotopic (exact) mass is 309 g/mol. The lowest BCUT2D eigenvalue weighted by Gasteiger charge is -2.27. The van der Waals surface area contributed by atoms with E-state index in [1.54, 1.807) is 6.07 Å². The van der Waals surface area contributed by atoms with E-state index in [0.29, 0.717) is 5.69 Å². The van der Waals surface area contributed by atoms with E-state index in [1.807, 2.05) is 44.2 Å². The molecule has 0 saturated carbocycles. The van der Waals surface area contributed by atoms with Gasteiger partial charge in [-0.3, -0.25) is 4.79 Å². The fourth-order valence-electron chi connectivity index (χ4n) is 2.92. The Hall–Kier alpha value is -2.36. The van der Waals surface area contributed by atoms with Crippen molar-refractivity contribution >= 4 is 17.4 Å². The van der Waals surface area contributed by atoms with Crippen LogP contribution in [-0.4, -0.2) is 24.0 Å². The van der Waals surface area contributed by atoms with Crippen LogP contribution >= 0.6 is 0 Å². The maximum absolute atomic E-state index is 12.5. The quantitative estimate of drug-likeness (QED) is 0.934. The van der Waals surface area contributed by atoms with Crippen molar-refractivity contribution in [3.63, 3.8) is 0 Å². The summed E-state index contributed by atoms with van der Waals surface area (Å²) < 4.78 is 0. The van der Waals surface area contributed by atoms with Crippen LogP contribution in [0, 0.1) is 13.8 Å². The molecular formula is C19H23N3O. The summed E-state index contributed by atoms with van der Waals surface area (Å²) in [4.78, 5) is 19.3. The largest absolute Gasteiger partial charge is 0.357 e. The number of carbonyl (C=O) groups is 1. The number of hydrogen-bond acceptors (Lipinski definition) is 3. The molecular weight excluding hydrogens is 286 g/mol. The third-order valence-electron chi connectivity index (χ3n) is 4.50. The number of aryl methyl sites for hydroxylation is 1. The number of nitrogens with one attached hydrogen (secondary N) is 1. The van der Waals surface area contributed by atoms with Gasteiger partial charge >= 0.3 is 0 Å². The summed E-state index contributed by atoms with van der Waals surface area (Å²) in [6, 6.07) is 11.6. The molecule has 1 fully saturated rings. The van der Waals surface area contributed by atoms with Crippen LogP contribution in [0.4, 0.5) is 11.5 Å². The van der Waals surface area contributed by atoms with Crippen LogP contribution in [0.2, 0.25) is 0 Å². The predicted molar refractivity (Wildman–Crippen MR) is 94.2 cm³/mol. The second-order valence-corrected chi connectivity index (χ2v) is 6.13. The van der Waals surface area contributed by atoms with Crippen molar-refractivity contribution in [2.24, 2.45) is 0 Å². The van der Waals surface area contributed by atoms with Crippen LogP contribution in [0.5, 0.6) is 0 Å². The standard InChI is InChI=1S/C19H23N3O/c1-14-8-6-9-16(15(14)2)21-19(23)17-10-7-11-18(20-17)22-12-4-3-5-13-22/h6-11H,3-5,12-13H2,1-2H3,(H,21,23). The van der Waals surface area contributed by atoms with Crippen LogP contribution in [-0.2, 0) is 0 Å². The number of pyridine rings is 1. The maximum Gasteiger partial charge on any atom is 0.274 e.